The number of hydrogen-bond donors (Lipinski definition) is 0. The Kier molecular flexibility index (Phi) is 5.92. The van der Waals surface area contributed by atoms with E-state index in [0.717, 1.165) is 101 Å². The van der Waals surface area contributed by atoms with Gasteiger partial charge in [-0.1, -0.05) is 84.9 Å². The van der Waals surface area contributed by atoms with Crippen molar-refractivity contribution in [1.29, 1.82) is 0 Å². The van der Waals surface area contributed by atoms with Gasteiger partial charge < -0.3 is 18.9 Å². The molecule has 5 heterocycles. The molecule has 1 unspecified atom stereocenters. The highest BCUT2D eigenvalue weighted by Crippen LogP contribution is 2.63. The summed E-state index contributed by atoms with van der Waals surface area (Å²) in [5.74, 6) is 3.09. The smallest absolute Gasteiger partial charge is 0.188 e. The van der Waals surface area contributed by atoms with Gasteiger partial charge in [-0.3, -0.25) is 9.97 Å². The van der Waals surface area contributed by atoms with Gasteiger partial charge in [-0.05, 0) is 77.7 Å². The van der Waals surface area contributed by atoms with E-state index in [2.05, 4.69) is 93.2 Å². The normalized spacial score (nSPS) is 15.6. The van der Waals surface area contributed by atoms with E-state index in [9.17, 15) is 0 Å². The van der Waals surface area contributed by atoms with Crippen molar-refractivity contribution in [3.8, 4) is 40.1 Å². The monoisotopic (exact) mass is 705 g/mol. The maximum atomic E-state index is 7.73. The second-order valence-electron chi connectivity index (χ2n) is 14.0. The molecule has 0 N–H and O–H groups in total. The zero-order valence-corrected chi connectivity index (χ0v) is 29.1. The van der Waals surface area contributed by atoms with Crippen LogP contribution in [0.25, 0.3) is 43.7 Å². The van der Waals surface area contributed by atoms with Crippen LogP contribution in [0.3, 0.4) is 0 Å². The Balaban J connectivity index is 1.18. The number of aromatic nitrogens is 3. The number of fused-ring (bicyclic) bond motifs is 14. The Morgan fingerprint density at radius 3 is 2.04 bits per heavy atom. The third-order valence-corrected chi connectivity index (χ3v) is 11.3. The van der Waals surface area contributed by atoms with Gasteiger partial charge in [-0.15, -0.1) is 0 Å². The highest BCUT2D eigenvalue weighted by molar-refractivity contribution is 6.10. The quantitative estimate of drug-likeness (QED) is 0.168. The average Bonchev–Trinajstić information content (AvgIpc) is 3.72. The van der Waals surface area contributed by atoms with Crippen LogP contribution in [0.1, 0.15) is 22.3 Å². The standard InChI is InChI=1S/C48H27N5O2/c1-49-29-23-24-38-32(26-29)31-12-2-4-16-37(31)53(38)41-19-10-14-35-47(41)55-42-20-7-3-13-33(42)48(35)34-15-11-25-50-45(34)46-36(48)27-30(28-51-46)52-39-17-5-8-21-43(39)54-44-22-9-6-18-40(44)52/h2-28H. The summed E-state index contributed by atoms with van der Waals surface area (Å²) in [4.78, 5) is 16.3. The molecule has 6 aromatic carbocycles. The summed E-state index contributed by atoms with van der Waals surface area (Å²) >= 11 is 0. The molecule has 1 atom stereocenters. The van der Waals surface area contributed by atoms with Crippen LogP contribution in [-0.4, -0.2) is 14.5 Å². The summed E-state index contributed by atoms with van der Waals surface area (Å²) < 4.78 is 15.8. The second kappa shape index (κ2) is 10.9. The molecule has 12 rings (SSSR count). The number of pyridine rings is 2. The largest absolute Gasteiger partial charge is 0.454 e. The zero-order chi connectivity index (χ0) is 36.3. The first-order valence-electron chi connectivity index (χ1n) is 18.2. The van der Waals surface area contributed by atoms with Gasteiger partial charge in [0.2, 0.25) is 0 Å². The first kappa shape index (κ1) is 29.8. The van der Waals surface area contributed by atoms with Gasteiger partial charge in [0.05, 0.1) is 63.4 Å². The van der Waals surface area contributed by atoms with E-state index >= 15 is 0 Å². The number of ether oxygens (including phenoxy) is 2. The van der Waals surface area contributed by atoms with E-state index in [1.807, 2.05) is 85.2 Å². The molecule has 3 aliphatic rings. The molecule has 55 heavy (non-hydrogen) atoms. The lowest BCUT2D eigenvalue weighted by atomic mass is 9.66. The van der Waals surface area contributed by atoms with E-state index in [0.29, 0.717) is 5.69 Å². The molecule has 3 aromatic heterocycles. The minimum Gasteiger partial charge on any atom is -0.454 e. The number of benzene rings is 6. The van der Waals surface area contributed by atoms with Gasteiger partial charge in [0.15, 0.2) is 22.9 Å². The van der Waals surface area contributed by atoms with Gasteiger partial charge in [0.1, 0.15) is 5.75 Å². The second-order valence-corrected chi connectivity index (χ2v) is 14.0. The van der Waals surface area contributed by atoms with Crippen molar-refractivity contribution in [3.63, 3.8) is 0 Å². The fraction of sp³-hybridized carbons (Fsp3) is 0.0208. The molecule has 2 aliphatic heterocycles. The number of hydrogen-bond acceptors (Lipinski definition) is 5. The molecule has 0 radical (unpaired) electrons. The van der Waals surface area contributed by atoms with E-state index < -0.39 is 5.41 Å². The van der Waals surface area contributed by atoms with Crippen LogP contribution in [0.15, 0.2) is 164 Å². The first-order chi connectivity index (χ1) is 27.2. The molecular weight excluding hydrogens is 679 g/mol. The molecule has 0 amide bonds. The Morgan fingerprint density at radius 1 is 0.527 bits per heavy atom. The molecule has 7 heteroatoms. The summed E-state index contributed by atoms with van der Waals surface area (Å²) in [6.45, 7) is 7.73. The lowest BCUT2D eigenvalue weighted by Gasteiger charge is -2.40. The van der Waals surface area contributed by atoms with Crippen LogP contribution in [-0.2, 0) is 5.41 Å². The molecule has 9 aromatic rings. The van der Waals surface area contributed by atoms with Gasteiger partial charge in [0, 0.05) is 28.3 Å². The van der Waals surface area contributed by atoms with Crippen molar-refractivity contribution in [3.05, 3.63) is 198 Å². The predicted molar refractivity (Wildman–Crippen MR) is 215 cm³/mol. The number of rotatable bonds is 2. The van der Waals surface area contributed by atoms with Crippen LogP contribution in [0.2, 0.25) is 0 Å². The van der Waals surface area contributed by atoms with Crippen molar-refractivity contribution >= 4 is 44.6 Å². The highest BCUT2D eigenvalue weighted by atomic mass is 16.5. The summed E-state index contributed by atoms with van der Waals surface area (Å²) in [5.41, 5.74) is 11.3. The third kappa shape index (κ3) is 3.87. The molecule has 1 aliphatic carbocycles. The van der Waals surface area contributed by atoms with E-state index in [-0.39, 0.29) is 0 Å². The van der Waals surface area contributed by atoms with Gasteiger partial charge in [0.25, 0.3) is 0 Å². The van der Waals surface area contributed by atoms with Crippen molar-refractivity contribution < 1.29 is 9.47 Å². The maximum Gasteiger partial charge on any atom is 0.188 e. The summed E-state index contributed by atoms with van der Waals surface area (Å²) in [5, 5.41) is 2.10. The molecule has 1 spiro atoms. The summed E-state index contributed by atoms with van der Waals surface area (Å²) in [6, 6.07) is 51.8. The van der Waals surface area contributed by atoms with Crippen LogP contribution in [0.5, 0.6) is 23.0 Å². The molecule has 0 saturated heterocycles. The van der Waals surface area contributed by atoms with E-state index in [1.165, 1.54) is 0 Å². The van der Waals surface area contributed by atoms with Gasteiger partial charge in [-0.25, -0.2) is 4.85 Å². The molecule has 7 nitrogen and oxygen atoms in total. The Hall–Kier alpha value is -7.69. The maximum absolute atomic E-state index is 7.73. The Labute approximate surface area is 315 Å². The number of nitrogens with zero attached hydrogens (tertiary/aromatic N) is 5. The Morgan fingerprint density at radius 2 is 1.20 bits per heavy atom. The van der Waals surface area contributed by atoms with Gasteiger partial charge in [-0.2, -0.15) is 0 Å². The lowest BCUT2D eigenvalue weighted by Crippen LogP contribution is -2.33. The van der Waals surface area contributed by atoms with E-state index in [1.54, 1.807) is 0 Å². The minimum atomic E-state index is -0.816. The zero-order valence-electron chi connectivity index (χ0n) is 29.1. The summed E-state index contributed by atoms with van der Waals surface area (Å²) in [7, 11) is 0. The average molecular weight is 706 g/mol. The predicted octanol–water partition coefficient (Wildman–Crippen LogP) is 12.2. The lowest BCUT2D eigenvalue weighted by molar-refractivity contribution is 0.434. The highest BCUT2D eigenvalue weighted by Gasteiger charge is 2.53. The van der Waals surface area contributed by atoms with E-state index in [4.69, 9.17) is 26.0 Å². The van der Waals surface area contributed by atoms with Crippen LogP contribution in [0, 0.1) is 6.57 Å². The van der Waals surface area contributed by atoms with Crippen molar-refractivity contribution in [1.82, 2.24) is 14.5 Å². The summed E-state index contributed by atoms with van der Waals surface area (Å²) in [6.07, 6.45) is 3.80. The van der Waals surface area contributed by atoms with Crippen LogP contribution < -0.4 is 14.4 Å². The number of para-hydroxylation sites is 7. The van der Waals surface area contributed by atoms with Crippen molar-refractivity contribution in [2.45, 2.75) is 5.41 Å². The van der Waals surface area contributed by atoms with Gasteiger partial charge >= 0.3 is 0 Å². The first-order valence-corrected chi connectivity index (χ1v) is 18.2. The molecule has 0 saturated carbocycles. The van der Waals surface area contributed by atoms with Crippen molar-refractivity contribution in [2.75, 3.05) is 4.90 Å². The number of anilines is 3. The molecule has 0 fully saturated rings. The Bertz CT molecular complexity index is 3110. The van der Waals surface area contributed by atoms with Crippen LogP contribution >= 0.6 is 0 Å². The topological polar surface area (TPSA) is 56.8 Å². The SMILES string of the molecule is [C-]#[N+]c1ccc2c(c1)c1ccccc1n2-c1cccc2c1Oc1ccccc1C21c2cccnc2-c2ncc(N3c4ccccc4Oc4ccccc43)cc21. The van der Waals surface area contributed by atoms with Crippen LogP contribution in [0.4, 0.5) is 22.7 Å². The fourth-order valence-corrected chi connectivity index (χ4v) is 9.17. The molecule has 0 bridgehead atoms. The van der Waals surface area contributed by atoms with Crippen molar-refractivity contribution in [2.24, 2.45) is 0 Å². The molecular formula is C48H27N5O2. The minimum absolute atomic E-state index is 0.607. The fourth-order valence-electron chi connectivity index (χ4n) is 9.17. The molecule has 256 valence electrons. The third-order valence-electron chi connectivity index (χ3n) is 11.3.